The fourth-order valence-corrected chi connectivity index (χ4v) is 4.00. The van der Waals surface area contributed by atoms with Crippen LogP contribution < -0.4 is 5.32 Å². The molecule has 0 aliphatic rings. The van der Waals surface area contributed by atoms with Crippen LogP contribution in [0.4, 0.5) is 5.82 Å². The third kappa shape index (κ3) is 4.35. The number of nitrogens with one attached hydrogen (secondary N) is 1. The number of hydrogen-bond donors (Lipinski definition) is 1. The van der Waals surface area contributed by atoms with Crippen molar-refractivity contribution in [3.05, 3.63) is 108 Å². The Hall–Kier alpha value is -4.56. The van der Waals surface area contributed by atoms with Crippen LogP contribution in [0.3, 0.4) is 0 Å². The summed E-state index contributed by atoms with van der Waals surface area (Å²) >= 11 is 0. The highest BCUT2D eigenvalue weighted by molar-refractivity contribution is 6.02. The van der Waals surface area contributed by atoms with Crippen molar-refractivity contribution in [2.75, 3.05) is 5.32 Å². The Labute approximate surface area is 198 Å². The van der Waals surface area contributed by atoms with Gasteiger partial charge in [-0.3, -0.25) is 4.98 Å². The van der Waals surface area contributed by atoms with Gasteiger partial charge in [-0.25, -0.2) is 9.97 Å². The fourth-order valence-electron chi connectivity index (χ4n) is 4.00. The van der Waals surface area contributed by atoms with E-state index in [1.807, 2.05) is 79.7 Å². The minimum atomic E-state index is -0.202. The van der Waals surface area contributed by atoms with Crippen LogP contribution in [0.2, 0.25) is 0 Å². The number of benzene rings is 3. The molecular formula is C29H23N5. The van der Waals surface area contributed by atoms with Crippen LogP contribution in [0, 0.1) is 11.3 Å². The molecule has 0 radical (unpaired) electrons. The van der Waals surface area contributed by atoms with E-state index in [0.717, 1.165) is 44.7 Å². The van der Waals surface area contributed by atoms with E-state index in [9.17, 15) is 5.26 Å². The van der Waals surface area contributed by atoms with Crippen LogP contribution in [0.1, 0.15) is 24.1 Å². The van der Waals surface area contributed by atoms with Crippen molar-refractivity contribution in [1.82, 2.24) is 15.0 Å². The van der Waals surface area contributed by atoms with E-state index in [0.29, 0.717) is 12.4 Å². The van der Waals surface area contributed by atoms with Crippen molar-refractivity contribution in [2.45, 2.75) is 19.4 Å². The molecule has 0 fully saturated rings. The zero-order valence-electron chi connectivity index (χ0n) is 18.8. The summed E-state index contributed by atoms with van der Waals surface area (Å²) in [6, 6.07) is 32.5. The lowest BCUT2D eigenvalue weighted by Crippen LogP contribution is -2.06. The van der Waals surface area contributed by atoms with Gasteiger partial charge in [0.2, 0.25) is 0 Å². The Balaban J connectivity index is 1.67. The molecule has 0 bridgehead atoms. The van der Waals surface area contributed by atoms with Crippen LogP contribution in [-0.4, -0.2) is 15.0 Å². The topological polar surface area (TPSA) is 74.5 Å². The molecule has 0 spiro atoms. The van der Waals surface area contributed by atoms with E-state index < -0.39 is 0 Å². The average Bonchev–Trinajstić information content (AvgIpc) is 2.92. The van der Waals surface area contributed by atoms with E-state index in [4.69, 9.17) is 9.97 Å². The maximum atomic E-state index is 9.35. The molecule has 0 amide bonds. The minimum Gasteiger partial charge on any atom is -0.364 e. The Morgan fingerprint density at radius 3 is 2.44 bits per heavy atom. The fraction of sp³-hybridized carbons (Fsp3) is 0.103. The second-order valence-electron chi connectivity index (χ2n) is 8.11. The lowest BCUT2D eigenvalue weighted by Gasteiger charge is -2.15. The smallest absolute Gasteiger partial charge is 0.162 e. The molecule has 0 aliphatic carbocycles. The van der Waals surface area contributed by atoms with Crippen molar-refractivity contribution >= 4 is 16.7 Å². The minimum absolute atomic E-state index is 0.202. The third-order valence-corrected chi connectivity index (χ3v) is 5.81. The number of pyridine rings is 1. The summed E-state index contributed by atoms with van der Waals surface area (Å²) in [5.41, 5.74) is 5.79. The summed E-state index contributed by atoms with van der Waals surface area (Å²) in [7, 11) is 0. The molecule has 2 heterocycles. The summed E-state index contributed by atoms with van der Waals surface area (Å²) in [6.07, 6.45) is 1.79. The monoisotopic (exact) mass is 441 g/mol. The van der Waals surface area contributed by atoms with E-state index >= 15 is 0 Å². The quantitative estimate of drug-likeness (QED) is 0.321. The average molecular weight is 442 g/mol. The Morgan fingerprint density at radius 2 is 1.65 bits per heavy atom. The van der Waals surface area contributed by atoms with Gasteiger partial charge in [0.15, 0.2) is 5.82 Å². The summed E-state index contributed by atoms with van der Waals surface area (Å²) in [5.74, 6) is 1.17. The number of fused-ring (bicyclic) bond motifs is 1. The molecule has 0 saturated carbocycles. The SMILES string of the molecule is CC(C#N)c1cccc(-c2nc(NCc3ccccn3)c3c(-c4ccccc4)cccc3n2)c1. The van der Waals surface area contributed by atoms with Gasteiger partial charge in [0.25, 0.3) is 0 Å². The number of nitrogens with zero attached hydrogens (tertiary/aromatic N) is 4. The van der Waals surface area contributed by atoms with Gasteiger partial charge in [-0.2, -0.15) is 5.26 Å². The maximum Gasteiger partial charge on any atom is 0.162 e. The van der Waals surface area contributed by atoms with Crippen LogP contribution in [0.25, 0.3) is 33.4 Å². The van der Waals surface area contributed by atoms with Crippen LogP contribution in [0.5, 0.6) is 0 Å². The zero-order chi connectivity index (χ0) is 23.3. The molecule has 2 aromatic heterocycles. The molecule has 1 N–H and O–H groups in total. The van der Waals surface area contributed by atoms with Crippen LogP contribution in [0.15, 0.2) is 97.2 Å². The molecule has 34 heavy (non-hydrogen) atoms. The number of aromatic nitrogens is 3. The highest BCUT2D eigenvalue weighted by Gasteiger charge is 2.15. The summed E-state index contributed by atoms with van der Waals surface area (Å²) in [6.45, 7) is 2.44. The molecule has 5 heteroatoms. The first-order valence-corrected chi connectivity index (χ1v) is 11.2. The van der Waals surface area contributed by atoms with Crippen molar-refractivity contribution in [3.63, 3.8) is 0 Å². The molecule has 164 valence electrons. The molecule has 5 nitrogen and oxygen atoms in total. The second kappa shape index (κ2) is 9.51. The van der Waals surface area contributed by atoms with Gasteiger partial charge in [-0.1, -0.05) is 66.7 Å². The molecule has 5 aromatic rings. The van der Waals surface area contributed by atoms with Crippen LogP contribution in [-0.2, 0) is 6.54 Å². The largest absolute Gasteiger partial charge is 0.364 e. The molecule has 0 saturated heterocycles. The Kier molecular flexibility index (Phi) is 5.96. The summed E-state index contributed by atoms with van der Waals surface area (Å²) in [5, 5.41) is 13.8. The molecule has 0 aliphatic heterocycles. The predicted molar refractivity (Wildman–Crippen MR) is 136 cm³/mol. The van der Waals surface area contributed by atoms with Gasteiger partial charge >= 0.3 is 0 Å². The number of nitriles is 1. The zero-order valence-corrected chi connectivity index (χ0v) is 18.8. The van der Waals surface area contributed by atoms with E-state index in [2.05, 4.69) is 34.6 Å². The highest BCUT2D eigenvalue weighted by Crippen LogP contribution is 2.34. The van der Waals surface area contributed by atoms with Gasteiger partial charge in [-0.15, -0.1) is 0 Å². The lowest BCUT2D eigenvalue weighted by atomic mass is 9.99. The van der Waals surface area contributed by atoms with Gasteiger partial charge < -0.3 is 5.32 Å². The van der Waals surface area contributed by atoms with Crippen molar-refractivity contribution in [3.8, 4) is 28.6 Å². The predicted octanol–water partition coefficient (Wildman–Crippen LogP) is 6.60. The highest BCUT2D eigenvalue weighted by atomic mass is 15.0. The first-order valence-electron chi connectivity index (χ1n) is 11.2. The van der Waals surface area contributed by atoms with Gasteiger partial charge in [0.05, 0.1) is 35.1 Å². The number of anilines is 1. The first-order chi connectivity index (χ1) is 16.7. The van der Waals surface area contributed by atoms with Crippen molar-refractivity contribution < 1.29 is 0 Å². The van der Waals surface area contributed by atoms with Gasteiger partial charge in [0.1, 0.15) is 5.82 Å². The maximum absolute atomic E-state index is 9.35. The number of hydrogen-bond acceptors (Lipinski definition) is 5. The molecule has 1 atom stereocenters. The number of rotatable bonds is 6. The molecule has 1 unspecified atom stereocenters. The van der Waals surface area contributed by atoms with E-state index in [1.54, 1.807) is 6.20 Å². The lowest BCUT2D eigenvalue weighted by molar-refractivity contribution is 0.981. The van der Waals surface area contributed by atoms with Crippen molar-refractivity contribution in [2.24, 2.45) is 0 Å². The van der Waals surface area contributed by atoms with E-state index in [-0.39, 0.29) is 5.92 Å². The van der Waals surface area contributed by atoms with Crippen molar-refractivity contribution in [1.29, 1.82) is 5.26 Å². The Morgan fingerprint density at radius 1 is 0.853 bits per heavy atom. The summed E-state index contributed by atoms with van der Waals surface area (Å²) < 4.78 is 0. The van der Waals surface area contributed by atoms with Crippen LogP contribution >= 0.6 is 0 Å². The Bertz CT molecular complexity index is 1470. The molecule has 5 rings (SSSR count). The normalized spacial score (nSPS) is 11.6. The first kappa shape index (κ1) is 21.3. The van der Waals surface area contributed by atoms with Gasteiger partial charge in [0, 0.05) is 11.8 Å². The molecule has 3 aromatic carbocycles. The third-order valence-electron chi connectivity index (χ3n) is 5.81. The van der Waals surface area contributed by atoms with E-state index in [1.165, 1.54) is 0 Å². The molecular weight excluding hydrogens is 418 g/mol. The standard InChI is InChI=1S/C29H23N5/c1-20(18-30)22-11-7-12-23(17-22)28-33-26-15-8-14-25(21-9-3-2-4-10-21)27(26)29(34-28)32-19-24-13-5-6-16-31-24/h2-17,20H,19H2,1H3,(H,32,33,34). The summed E-state index contributed by atoms with van der Waals surface area (Å²) in [4.78, 5) is 14.3. The second-order valence-corrected chi connectivity index (χ2v) is 8.11. The van der Waals surface area contributed by atoms with Gasteiger partial charge in [-0.05, 0) is 47.9 Å².